The van der Waals surface area contributed by atoms with Crippen molar-refractivity contribution in [1.82, 2.24) is 0 Å². The van der Waals surface area contributed by atoms with E-state index in [-0.39, 0.29) is 29.2 Å². The van der Waals surface area contributed by atoms with Crippen molar-refractivity contribution in [2.45, 2.75) is 47.5 Å². The molecule has 1 rings (SSSR count). The fourth-order valence-electron chi connectivity index (χ4n) is 2.79. The first-order chi connectivity index (χ1) is 12.3. The van der Waals surface area contributed by atoms with Crippen LogP contribution in [0.4, 0.5) is 5.69 Å². The molecule has 0 fully saturated rings. The SMILES string of the molecule is CCC(CC)C(=O)SCC(=O)N(CC(=O)OC)c1c(C)ccc(C)c1C. The van der Waals surface area contributed by atoms with Crippen LogP contribution in [0, 0.1) is 26.7 Å². The van der Waals surface area contributed by atoms with E-state index in [1.165, 1.54) is 12.0 Å². The van der Waals surface area contributed by atoms with Gasteiger partial charge in [0, 0.05) is 5.92 Å². The molecule has 0 saturated heterocycles. The third-order valence-corrected chi connectivity index (χ3v) is 5.66. The molecule has 1 aromatic carbocycles. The number of thioether (sulfide) groups is 1. The summed E-state index contributed by atoms with van der Waals surface area (Å²) in [5.74, 6) is -0.783. The number of amides is 1. The minimum absolute atomic E-state index is 0.0130. The Bertz CT molecular complexity index is 668. The molecule has 0 N–H and O–H groups in total. The molecule has 0 radical (unpaired) electrons. The number of hydrogen-bond acceptors (Lipinski definition) is 5. The van der Waals surface area contributed by atoms with Crippen LogP contribution in [-0.4, -0.2) is 36.4 Å². The Morgan fingerprint density at radius 2 is 1.65 bits per heavy atom. The maximum atomic E-state index is 12.9. The number of esters is 1. The van der Waals surface area contributed by atoms with Gasteiger partial charge in [0.2, 0.25) is 5.91 Å². The van der Waals surface area contributed by atoms with Gasteiger partial charge in [-0.1, -0.05) is 37.7 Å². The summed E-state index contributed by atoms with van der Waals surface area (Å²) in [5, 5.41) is 0.0269. The van der Waals surface area contributed by atoms with E-state index >= 15 is 0 Å². The van der Waals surface area contributed by atoms with Gasteiger partial charge in [-0.05, 0) is 50.3 Å². The van der Waals surface area contributed by atoms with E-state index < -0.39 is 5.97 Å². The zero-order valence-corrected chi connectivity index (χ0v) is 17.4. The first kappa shape index (κ1) is 22.2. The maximum absolute atomic E-state index is 12.9. The lowest BCUT2D eigenvalue weighted by Gasteiger charge is -2.26. The highest BCUT2D eigenvalue weighted by Crippen LogP contribution is 2.28. The second kappa shape index (κ2) is 10.4. The molecule has 5 nitrogen and oxygen atoms in total. The van der Waals surface area contributed by atoms with Gasteiger partial charge in [-0.25, -0.2) is 0 Å². The Labute approximate surface area is 160 Å². The standard InChI is InChI=1S/C20H29NO4S/c1-7-16(8-2)20(24)26-12-17(22)21(11-18(23)25-6)19-14(4)10-9-13(3)15(19)5/h9-10,16H,7-8,11-12H2,1-6H3. The van der Waals surface area contributed by atoms with Crippen molar-refractivity contribution < 1.29 is 19.1 Å². The number of aryl methyl sites for hydroxylation is 2. The summed E-state index contributed by atoms with van der Waals surface area (Å²) < 4.78 is 4.75. The van der Waals surface area contributed by atoms with E-state index in [1.807, 2.05) is 46.8 Å². The van der Waals surface area contributed by atoms with Crippen LogP contribution in [0.5, 0.6) is 0 Å². The zero-order valence-electron chi connectivity index (χ0n) is 16.5. The van der Waals surface area contributed by atoms with Crippen molar-refractivity contribution in [3.63, 3.8) is 0 Å². The second-order valence-corrected chi connectivity index (χ2v) is 7.33. The van der Waals surface area contributed by atoms with Gasteiger partial charge in [-0.2, -0.15) is 0 Å². The largest absolute Gasteiger partial charge is 0.468 e. The molecule has 0 unspecified atom stereocenters. The van der Waals surface area contributed by atoms with Crippen molar-refractivity contribution in [3.8, 4) is 0 Å². The second-order valence-electron chi connectivity index (χ2n) is 6.35. The zero-order chi connectivity index (χ0) is 19.9. The van der Waals surface area contributed by atoms with Crippen molar-refractivity contribution in [3.05, 3.63) is 28.8 Å². The minimum Gasteiger partial charge on any atom is -0.468 e. The molecule has 26 heavy (non-hydrogen) atoms. The number of methoxy groups -OCH3 is 1. The van der Waals surface area contributed by atoms with Crippen LogP contribution in [-0.2, 0) is 19.1 Å². The summed E-state index contributed by atoms with van der Waals surface area (Å²) in [5.41, 5.74) is 3.60. The Morgan fingerprint density at radius 3 is 2.19 bits per heavy atom. The van der Waals surface area contributed by atoms with Gasteiger partial charge in [-0.15, -0.1) is 0 Å². The normalized spacial score (nSPS) is 10.7. The first-order valence-corrected chi connectivity index (χ1v) is 9.85. The van der Waals surface area contributed by atoms with Crippen LogP contribution < -0.4 is 4.90 Å². The van der Waals surface area contributed by atoms with Crippen molar-refractivity contribution in [2.24, 2.45) is 5.92 Å². The maximum Gasteiger partial charge on any atom is 0.325 e. The van der Waals surface area contributed by atoms with Crippen LogP contribution >= 0.6 is 11.8 Å². The summed E-state index contributed by atoms with van der Waals surface area (Å²) in [6.45, 7) is 9.57. The Kier molecular flexibility index (Phi) is 8.85. The van der Waals surface area contributed by atoms with Gasteiger partial charge < -0.3 is 4.74 Å². The predicted octanol–water partition coefficient (Wildman–Crippen LogP) is 3.81. The lowest BCUT2D eigenvalue weighted by Crippen LogP contribution is -2.39. The number of carbonyl (C=O) groups excluding carboxylic acids is 3. The molecule has 0 atom stereocenters. The average molecular weight is 380 g/mol. The van der Waals surface area contributed by atoms with Crippen LogP contribution in [0.25, 0.3) is 0 Å². The van der Waals surface area contributed by atoms with Crippen LogP contribution in [0.15, 0.2) is 12.1 Å². The number of benzene rings is 1. The van der Waals surface area contributed by atoms with E-state index in [4.69, 9.17) is 4.74 Å². The van der Waals surface area contributed by atoms with Gasteiger partial charge in [0.1, 0.15) is 6.54 Å². The lowest BCUT2D eigenvalue weighted by molar-refractivity contribution is -0.139. The molecule has 144 valence electrons. The van der Waals surface area contributed by atoms with Gasteiger partial charge in [0.15, 0.2) is 5.12 Å². The molecule has 1 aromatic rings. The number of carbonyl (C=O) groups is 3. The molecule has 0 saturated carbocycles. The van der Waals surface area contributed by atoms with E-state index in [2.05, 4.69) is 0 Å². The first-order valence-electron chi connectivity index (χ1n) is 8.87. The van der Waals surface area contributed by atoms with Crippen molar-refractivity contribution in [2.75, 3.05) is 24.3 Å². The fraction of sp³-hybridized carbons (Fsp3) is 0.550. The smallest absolute Gasteiger partial charge is 0.325 e. The highest BCUT2D eigenvalue weighted by atomic mass is 32.2. The monoisotopic (exact) mass is 379 g/mol. The quantitative estimate of drug-likeness (QED) is 0.643. The summed E-state index contributed by atoms with van der Waals surface area (Å²) in [7, 11) is 1.30. The Hall–Kier alpha value is -1.82. The molecule has 0 bridgehead atoms. The van der Waals surface area contributed by atoms with E-state index in [0.717, 1.165) is 47.0 Å². The summed E-state index contributed by atoms with van der Waals surface area (Å²) in [6, 6.07) is 3.91. The third kappa shape index (κ3) is 5.59. The molecule has 0 spiro atoms. The molecule has 0 aliphatic carbocycles. The number of hydrogen-bond donors (Lipinski definition) is 0. The van der Waals surface area contributed by atoms with Crippen LogP contribution in [0.1, 0.15) is 43.4 Å². The van der Waals surface area contributed by atoms with Gasteiger partial charge in [0.25, 0.3) is 0 Å². The van der Waals surface area contributed by atoms with Gasteiger partial charge in [-0.3, -0.25) is 19.3 Å². The minimum atomic E-state index is -0.491. The number of rotatable bonds is 8. The number of ether oxygens (including phenoxy) is 1. The van der Waals surface area contributed by atoms with E-state index in [0.29, 0.717) is 0 Å². The van der Waals surface area contributed by atoms with E-state index in [1.54, 1.807) is 0 Å². The Morgan fingerprint density at radius 1 is 1.08 bits per heavy atom. The molecule has 0 aliphatic heterocycles. The molecule has 6 heteroatoms. The fourth-order valence-corrected chi connectivity index (χ4v) is 3.78. The Balaban J connectivity index is 3.08. The summed E-state index contributed by atoms with van der Waals surface area (Å²) in [4.78, 5) is 38.4. The van der Waals surface area contributed by atoms with E-state index in [9.17, 15) is 14.4 Å². The third-order valence-electron chi connectivity index (χ3n) is 4.65. The number of nitrogens with zero attached hydrogens (tertiary/aromatic N) is 1. The molecular formula is C20H29NO4S. The summed E-state index contributed by atoms with van der Waals surface area (Å²) in [6.07, 6.45) is 1.52. The summed E-state index contributed by atoms with van der Waals surface area (Å²) >= 11 is 1.03. The molecule has 0 heterocycles. The highest BCUT2D eigenvalue weighted by molar-refractivity contribution is 8.14. The van der Waals surface area contributed by atoms with Crippen LogP contribution in [0.3, 0.4) is 0 Å². The number of anilines is 1. The van der Waals surface area contributed by atoms with Gasteiger partial charge >= 0.3 is 5.97 Å². The molecule has 0 aliphatic rings. The molecular weight excluding hydrogens is 350 g/mol. The van der Waals surface area contributed by atoms with Gasteiger partial charge in [0.05, 0.1) is 18.6 Å². The highest BCUT2D eigenvalue weighted by Gasteiger charge is 2.25. The topological polar surface area (TPSA) is 63.7 Å². The lowest BCUT2D eigenvalue weighted by atomic mass is 10.0. The predicted molar refractivity (Wildman–Crippen MR) is 107 cm³/mol. The van der Waals surface area contributed by atoms with Crippen LogP contribution in [0.2, 0.25) is 0 Å². The van der Waals surface area contributed by atoms with Crippen molar-refractivity contribution >= 4 is 34.4 Å². The average Bonchev–Trinajstić information content (AvgIpc) is 2.62. The molecule has 0 aromatic heterocycles. The molecule has 1 amide bonds. The van der Waals surface area contributed by atoms with Crippen molar-refractivity contribution in [1.29, 1.82) is 0 Å².